The molecule has 2 aromatic rings. The Labute approximate surface area is 264 Å². The molecule has 3 aliphatic rings. The highest BCUT2D eigenvalue weighted by atomic mass is 16.5. The summed E-state index contributed by atoms with van der Waals surface area (Å²) < 4.78 is 17.7. The molecule has 3 heterocycles. The van der Waals surface area contributed by atoms with Gasteiger partial charge in [-0.05, 0) is 82.1 Å². The molecular formula is C35H43N3O7. The monoisotopic (exact) mass is 617 g/mol. The van der Waals surface area contributed by atoms with E-state index in [0.717, 1.165) is 0 Å². The van der Waals surface area contributed by atoms with E-state index in [1.165, 1.54) is 4.90 Å². The number of amides is 3. The van der Waals surface area contributed by atoms with Crippen LogP contribution in [0.1, 0.15) is 33.6 Å². The zero-order valence-corrected chi connectivity index (χ0v) is 26.5. The van der Waals surface area contributed by atoms with E-state index in [9.17, 15) is 19.5 Å². The van der Waals surface area contributed by atoms with E-state index in [1.807, 2.05) is 26.0 Å². The fourth-order valence-corrected chi connectivity index (χ4v) is 7.45. The summed E-state index contributed by atoms with van der Waals surface area (Å²) >= 11 is 0. The van der Waals surface area contributed by atoms with Crippen LogP contribution >= 0.6 is 0 Å². The molecule has 2 unspecified atom stereocenters. The summed E-state index contributed by atoms with van der Waals surface area (Å²) in [6.07, 6.45) is 4.18. The summed E-state index contributed by atoms with van der Waals surface area (Å²) in [5, 5.41) is 10.3. The minimum atomic E-state index is -1.25. The number of anilines is 2. The molecule has 0 radical (unpaired) electrons. The summed E-state index contributed by atoms with van der Waals surface area (Å²) in [6.45, 7) is 13.8. The highest BCUT2D eigenvalue weighted by Crippen LogP contribution is 2.64. The molecule has 0 aliphatic carbocycles. The van der Waals surface area contributed by atoms with Crippen molar-refractivity contribution in [3.05, 3.63) is 73.8 Å². The lowest BCUT2D eigenvalue weighted by atomic mass is 9.66. The number of fused-ring (bicyclic) bond motifs is 1. The smallest absolute Gasteiger partial charge is 0.253 e. The Morgan fingerprint density at radius 2 is 1.58 bits per heavy atom. The van der Waals surface area contributed by atoms with Crippen molar-refractivity contribution in [1.82, 2.24) is 4.90 Å². The van der Waals surface area contributed by atoms with Crippen molar-refractivity contribution in [2.45, 2.75) is 56.9 Å². The normalized spacial score (nSPS) is 27.1. The zero-order valence-electron chi connectivity index (χ0n) is 26.5. The predicted molar refractivity (Wildman–Crippen MR) is 171 cm³/mol. The van der Waals surface area contributed by atoms with Crippen LogP contribution in [0.25, 0.3) is 0 Å². The van der Waals surface area contributed by atoms with E-state index >= 15 is 0 Å². The third-order valence-corrected chi connectivity index (χ3v) is 9.45. The molecule has 240 valence electrons. The fourth-order valence-electron chi connectivity index (χ4n) is 7.45. The number of hydrogen-bond donors (Lipinski definition) is 1. The standard InChI is InChI=1S/C35H43N3O7/c1-7-20-36(24-12-16-27(17-13-24)44-9-3)31(40)28-29-32(41)38(23(4)22-39)30(35(29)19-18-34(28,5)45-35)33(42)37(21-8-2)25-10-14-26(43-6)15-11-25/h7-8,10-17,23,28-30,39H,1-2,9,18-22H2,3-6H3/t23-,28+,29+,30?,34-,35?/m1/s1. The first-order valence-electron chi connectivity index (χ1n) is 15.4. The number of nitrogens with zero attached hydrogens (tertiary/aromatic N) is 3. The van der Waals surface area contributed by atoms with Gasteiger partial charge in [-0.1, -0.05) is 12.2 Å². The van der Waals surface area contributed by atoms with Gasteiger partial charge in [0.15, 0.2) is 0 Å². The second-order valence-electron chi connectivity index (χ2n) is 12.1. The molecule has 2 bridgehead atoms. The van der Waals surface area contributed by atoms with Crippen LogP contribution in [-0.4, -0.2) is 84.4 Å². The maximum absolute atomic E-state index is 14.7. The predicted octanol–water partition coefficient (Wildman–Crippen LogP) is 3.98. The number of benzene rings is 2. The third-order valence-electron chi connectivity index (χ3n) is 9.45. The number of aliphatic hydroxyl groups is 1. The van der Waals surface area contributed by atoms with Crippen LogP contribution in [0.3, 0.4) is 0 Å². The van der Waals surface area contributed by atoms with Crippen LogP contribution in [0.4, 0.5) is 11.4 Å². The fraction of sp³-hybridized carbons (Fsp3) is 0.457. The van der Waals surface area contributed by atoms with Crippen LogP contribution in [0.2, 0.25) is 0 Å². The van der Waals surface area contributed by atoms with E-state index in [4.69, 9.17) is 14.2 Å². The number of ether oxygens (including phenoxy) is 3. The third kappa shape index (κ3) is 5.29. The minimum absolute atomic E-state index is 0.183. The Hall–Kier alpha value is -4.15. The van der Waals surface area contributed by atoms with Crippen molar-refractivity contribution in [2.75, 3.05) is 43.2 Å². The lowest BCUT2D eigenvalue weighted by Gasteiger charge is -2.38. The molecule has 10 heteroatoms. The highest BCUT2D eigenvalue weighted by Gasteiger charge is 2.78. The molecule has 0 saturated carbocycles. The first-order valence-corrected chi connectivity index (χ1v) is 15.4. The second-order valence-corrected chi connectivity index (χ2v) is 12.1. The van der Waals surface area contributed by atoms with Gasteiger partial charge < -0.3 is 34.0 Å². The molecule has 3 amide bonds. The summed E-state index contributed by atoms with van der Waals surface area (Å²) in [6, 6.07) is 12.5. The Morgan fingerprint density at radius 1 is 1.02 bits per heavy atom. The molecule has 3 aliphatic heterocycles. The number of carbonyl (C=O) groups is 3. The van der Waals surface area contributed by atoms with Crippen LogP contribution in [0.15, 0.2) is 73.8 Å². The molecule has 3 saturated heterocycles. The van der Waals surface area contributed by atoms with Gasteiger partial charge in [0.1, 0.15) is 23.1 Å². The number of methoxy groups -OCH3 is 1. The lowest BCUT2D eigenvalue weighted by molar-refractivity contribution is -0.147. The summed E-state index contributed by atoms with van der Waals surface area (Å²) in [4.78, 5) is 48.4. The highest BCUT2D eigenvalue weighted by molar-refractivity contribution is 6.07. The van der Waals surface area contributed by atoms with E-state index in [2.05, 4.69) is 13.2 Å². The molecule has 0 aromatic heterocycles. The van der Waals surface area contributed by atoms with Crippen LogP contribution in [-0.2, 0) is 19.1 Å². The Kier molecular flexibility index (Phi) is 9.09. The maximum atomic E-state index is 14.7. The number of hydrogen-bond acceptors (Lipinski definition) is 7. The van der Waals surface area contributed by atoms with Crippen molar-refractivity contribution in [2.24, 2.45) is 11.8 Å². The van der Waals surface area contributed by atoms with Crippen LogP contribution < -0.4 is 19.3 Å². The molecule has 3 fully saturated rings. The number of aliphatic hydroxyl groups excluding tert-OH is 1. The van der Waals surface area contributed by atoms with E-state index < -0.39 is 35.1 Å². The quantitative estimate of drug-likeness (QED) is 0.339. The Morgan fingerprint density at radius 3 is 2.09 bits per heavy atom. The molecule has 45 heavy (non-hydrogen) atoms. The zero-order chi connectivity index (χ0) is 32.5. The molecule has 1 N–H and O–H groups in total. The van der Waals surface area contributed by atoms with Crippen LogP contribution in [0.5, 0.6) is 11.5 Å². The molecular weight excluding hydrogens is 574 g/mol. The first kappa shape index (κ1) is 32.2. The molecule has 5 rings (SSSR count). The van der Waals surface area contributed by atoms with Crippen molar-refractivity contribution in [3.8, 4) is 11.5 Å². The van der Waals surface area contributed by atoms with Gasteiger partial charge in [0.2, 0.25) is 11.8 Å². The number of rotatable bonds is 13. The van der Waals surface area contributed by atoms with Gasteiger partial charge in [-0.15, -0.1) is 13.2 Å². The molecule has 6 atom stereocenters. The molecule has 2 aromatic carbocycles. The van der Waals surface area contributed by atoms with Crippen molar-refractivity contribution < 1.29 is 33.7 Å². The average molecular weight is 618 g/mol. The van der Waals surface area contributed by atoms with Gasteiger partial charge in [0.05, 0.1) is 43.8 Å². The van der Waals surface area contributed by atoms with Gasteiger partial charge in [0.25, 0.3) is 5.91 Å². The summed E-state index contributed by atoms with van der Waals surface area (Å²) in [5.74, 6) is -1.45. The average Bonchev–Trinajstić information content (AvgIpc) is 3.62. The second kappa shape index (κ2) is 12.7. The Bertz CT molecular complexity index is 1440. The van der Waals surface area contributed by atoms with E-state index in [0.29, 0.717) is 42.3 Å². The minimum Gasteiger partial charge on any atom is -0.497 e. The molecule has 10 nitrogen and oxygen atoms in total. The number of likely N-dealkylation sites (tertiary alicyclic amines) is 1. The van der Waals surface area contributed by atoms with E-state index in [-0.39, 0.29) is 37.4 Å². The van der Waals surface area contributed by atoms with Gasteiger partial charge in [-0.3, -0.25) is 14.4 Å². The summed E-state index contributed by atoms with van der Waals surface area (Å²) in [7, 11) is 1.57. The lowest BCUT2D eigenvalue weighted by Crippen LogP contribution is -2.58. The maximum Gasteiger partial charge on any atom is 0.253 e. The largest absolute Gasteiger partial charge is 0.497 e. The van der Waals surface area contributed by atoms with Gasteiger partial charge in [-0.25, -0.2) is 0 Å². The van der Waals surface area contributed by atoms with Crippen molar-refractivity contribution >= 4 is 29.1 Å². The van der Waals surface area contributed by atoms with Crippen molar-refractivity contribution in [3.63, 3.8) is 0 Å². The van der Waals surface area contributed by atoms with E-state index in [1.54, 1.807) is 72.4 Å². The van der Waals surface area contributed by atoms with Gasteiger partial charge >= 0.3 is 0 Å². The first-order chi connectivity index (χ1) is 21.6. The van der Waals surface area contributed by atoms with Crippen molar-refractivity contribution in [1.29, 1.82) is 0 Å². The SMILES string of the molecule is C=CCN(C(=O)C1N([C@H](C)CO)C(=O)[C@@H]2[C@@H](C(=O)N(CC=C)c3ccc(OCC)cc3)[C@@]3(C)CCC12O3)c1ccc(OC)cc1. The van der Waals surface area contributed by atoms with Crippen LogP contribution in [0, 0.1) is 11.8 Å². The van der Waals surface area contributed by atoms with Gasteiger partial charge in [0, 0.05) is 24.5 Å². The number of carbonyl (C=O) groups excluding carboxylic acids is 3. The summed E-state index contributed by atoms with van der Waals surface area (Å²) in [5.41, 5.74) is -0.988. The topological polar surface area (TPSA) is 109 Å². The molecule has 1 spiro atoms. The van der Waals surface area contributed by atoms with Gasteiger partial charge in [-0.2, -0.15) is 0 Å². The Balaban J connectivity index is 1.57.